The van der Waals surface area contributed by atoms with Crippen LogP contribution in [0.3, 0.4) is 0 Å². The molecule has 2 aromatic rings. The van der Waals surface area contributed by atoms with Crippen molar-refractivity contribution in [2.24, 2.45) is 11.3 Å². The fourth-order valence-electron chi connectivity index (χ4n) is 2.98. The third kappa shape index (κ3) is 1.92. The smallest absolute Gasteiger partial charge is 0.167 e. The highest BCUT2D eigenvalue weighted by molar-refractivity contribution is 5.88. The van der Waals surface area contributed by atoms with E-state index in [9.17, 15) is 0 Å². The summed E-state index contributed by atoms with van der Waals surface area (Å²) < 4.78 is 5.38. The van der Waals surface area contributed by atoms with Crippen molar-refractivity contribution in [2.75, 3.05) is 11.9 Å². The van der Waals surface area contributed by atoms with Crippen LogP contribution in [0, 0.1) is 18.3 Å². The first-order valence-electron chi connectivity index (χ1n) is 7.13. The molecule has 1 unspecified atom stereocenters. The molecule has 1 aromatic carbocycles. The molecule has 0 amide bonds. The van der Waals surface area contributed by atoms with Gasteiger partial charge in [0.05, 0.1) is 5.69 Å². The molecule has 0 saturated carbocycles. The Hall–Kier alpha value is -1.51. The Morgan fingerprint density at radius 1 is 1.37 bits per heavy atom. The Labute approximate surface area is 114 Å². The quantitative estimate of drug-likeness (QED) is 0.834. The second-order valence-electron chi connectivity index (χ2n) is 6.40. The van der Waals surface area contributed by atoms with E-state index in [1.807, 2.05) is 13.0 Å². The van der Waals surface area contributed by atoms with E-state index < -0.39 is 0 Å². The standard InChI is InChI=1S/C16H22N2O/c1-10(2)16(4)8-7-12-13(17-9-16)5-6-14-15(12)11(3)18-19-14/h5-6,10,17H,7-9H2,1-4H3. The average Bonchev–Trinajstić information content (AvgIpc) is 2.66. The van der Waals surface area contributed by atoms with Gasteiger partial charge < -0.3 is 9.84 Å². The summed E-state index contributed by atoms with van der Waals surface area (Å²) in [5, 5.41) is 8.95. The number of anilines is 1. The van der Waals surface area contributed by atoms with Crippen LogP contribution in [0.15, 0.2) is 16.7 Å². The molecule has 2 heterocycles. The molecule has 1 aromatic heterocycles. The first kappa shape index (κ1) is 12.5. The number of nitrogens with one attached hydrogen (secondary N) is 1. The molecule has 1 aliphatic heterocycles. The van der Waals surface area contributed by atoms with E-state index in [0.717, 1.165) is 24.2 Å². The maximum Gasteiger partial charge on any atom is 0.167 e. The van der Waals surface area contributed by atoms with Crippen LogP contribution < -0.4 is 5.32 Å². The number of fused-ring (bicyclic) bond motifs is 3. The van der Waals surface area contributed by atoms with E-state index in [0.29, 0.717) is 11.3 Å². The summed E-state index contributed by atoms with van der Waals surface area (Å²) in [5.41, 5.74) is 4.88. The fourth-order valence-corrected chi connectivity index (χ4v) is 2.98. The molecular formula is C16H22N2O. The van der Waals surface area contributed by atoms with E-state index in [4.69, 9.17) is 4.52 Å². The van der Waals surface area contributed by atoms with Crippen LogP contribution in [0.4, 0.5) is 5.69 Å². The Morgan fingerprint density at radius 2 is 2.16 bits per heavy atom. The highest BCUT2D eigenvalue weighted by Crippen LogP contribution is 2.39. The Bertz CT molecular complexity index is 614. The molecule has 0 spiro atoms. The maximum atomic E-state index is 5.38. The summed E-state index contributed by atoms with van der Waals surface area (Å²) in [5.74, 6) is 0.674. The third-order valence-corrected chi connectivity index (χ3v) is 4.94. The molecule has 1 aliphatic rings. The molecule has 0 saturated heterocycles. The fraction of sp³-hybridized carbons (Fsp3) is 0.562. The number of aryl methyl sites for hydroxylation is 2. The van der Waals surface area contributed by atoms with E-state index in [2.05, 4.69) is 37.3 Å². The number of rotatable bonds is 1. The molecule has 3 heteroatoms. The van der Waals surface area contributed by atoms with Crippen LogP contribution in [-0.4, -0.2) is 11.7 Å². The molecule has 1 atom stereocenters. The molecule has 0 bridgehead atoms. The minimum absolute atomic E-state index is 0.344. The van der Waals surface area contributed by atoms with Gasteiger partial charge in [-0.3, -0.25) is 0 Å². The predicted molar refractivity (Wildman–Crippen MR) is 78.5 cm³/mol. The zero-order valence-electron chi connectivity index (χ0n) is 12.2. The number of hydrogen-bond acceptors (Lipinski definition) is 3. The highest BCUT2D eigenvalue weighted by atomic mass is 16.5. The lowest BCUT2D eigenvalue weighted by Crippen LogP contribution is -2.30. The third-order valence-electron chi connectivity index (χ3n) is 4.94. The molecule has 0 radical (unpaired) electrons. The van der Waals surface area contributed by atoms with Gasteiger partial charge in [-0.2, -0.15) is 0 Å². The van der Waals surface area contributed by atoms with Crippen LogP contribution in [-0.2, 0) is 6.42 Å². The monoisotopic (exact) mass is 258 g/mol. The van der Waals surface area contributed by atoms with Crippen molar-refractivity contribution < 1.29 is 4.52 Å². The van der Waals surface area contributed by atoms with Crippen LogP contribution in [0.1, 0.15) is 38.4 Å². The normalized spacial score (nSPS) is 23.2. The van der Waals surface area contributed by atoms with E-state index >= 15 is 0 Å². The zero-order chi connectivity index (χ0) is 13.6. The van der Waals surface area contributed by atoms with Crippen LogP contribution >= 0.6 is 0 Å². The topological polar surface area (TPSA) is 38.1 Å². The minimum Gasteiger partial charge on any atom is -0.384 e. The average molecular weight is 258 g/mol. The van der Waals surface area contributed by atoms with Gasteiger partial charge in [-0.05, 0) is 48.8 Å². The van der Waals surface area contributed by atoms with Crippen molar-refractivity contribution in [1.82, 2.24) is 5.16 Å². The van der Waals surface area contributed by atoms with Crippen LogP contribution in [0.2, 0.25) is 0 Å². The van der Waals surface area contributed by atoms with Gasteiger partial charge in [0, 0.05) is 17.6 Å². The van der Waals surface area contributed by atoms with Crippen LogP contribution in [0.5, 0.6) is 0 Å². The van der Waals surface area contributed by atoms with Crippen molar-refractivity contribution in [3.8, 4) is 0 Å². The molecule has 19 heavy (non-hydrogen) atoms. The van der Waals surface area contributed by atoms with Gasteiger partial charge in [0.1, 0.15) is 0 Å². The first-order valence-corrected chi connectivity index (χ1v) is 7.13. The summed E-state index contributed by atoms with van der Waals surface area (Å²) in [6.45, 7) is 10.1. The van der Waals surface area contributed by atoms with Gasteiger partial charge in [0.2, 0.25) is 0 Å². The van der Waals surface area contributed by atoms with Gasteiger partial charge in [0.15, 0.2) is 5.58 Å². The molecule has 3 nitrogen and oxygen atoms in total. The van der Waals surface area contributed by atoms with E-state index in [-0.39, 0.29) is 0 Å². The molecule has 0 aliphatic carbocycles. The van der Waals surface area contributed by atoms with Gasteiger partial charge in [0.25, 0.3) is 0 Å². The lowest BCUT2D eigenvalue weighted by Gasteiger charge is -2.32. The summed E-state index contributed by atoms with van der Waals surface area (Å²) in [4.78, 5) is 0. The lowest BCUT2D eigenvalue weighted by atomic mass is 9.75. The van der Waals surface area contributed by atoms with Crippen molar-refractivity contribution in [1.29, 1.82) is 0 Å². The second kappa shape index (κ2) is 4.26. The summed E-state index contributed by atoms with van der Waals surface area (Å²) in [6, 6.07) is 4.16. The molecular weight excluding hydrogens is 236 g/mol. The van der Waals surface area contributed by atoms with E-state index in [1.165, 1.54) is 23.1 Å². The molecule has 102 valence electrons. The lowest BCUT2D eigenvalue weighted by molar-refractivity contribution is 0.221. The van der Waals surface area contributed by atoms with Crippen molar-refractivity contribution in [2.45, 2.75) is 40.5 Å². The van der Waals surface area contributed by atoms with Crippen molar-refractivity contribution in [3.05, 3.63) is 23.4 Å². The number of nitrogens with zero attached hydrogens (tertiary/aromatic N) is 1. The Morgan fingerprint density at radius 3 is 2.89 bits per heavy atom. The Kier molecular flexibility index (Phi) is 2.80. The number of hydrogen-bond donors (Lipinski definition) is 1. The summed E-state index contributed by atoms with van der Waals surface area (Å²) >= 11 is 0. The van der Waals surface area contributed by atoms with Crippen molar-refractivity contribution in [3.63, 3.8) is 0 Å². The maximum absolute atomic E-state index is 5.38. The highest BCUT2D eigenvalue weighted by Gasteiger charge is 2.31. The van der Waals surface area contributed by atoms with E-state index in [1.54, 1.807) is 0 Å². The first-order chi connectivity index (χ1) is 9.01. The minimum atomic E-state index is 0.344. The summed E-state index contributed by atoms with van der Waals surface area (Å²) in [7, 11) is 0. The summed E-state index contributed by atoms with van der Waals surface area (Å²) in [6.07, 6.45) is 2.30. The van der Waals surface area contributed by atoms with Crippen LogP contribution in [0.25, 0.3) is 11.0 Å². The number of benzene rings is 1. The SMILES string of the molecule is Cc1noc2ccc3c(c12)CCC(C)(C(C)C)CN3. The van der Waals surface area contributed by atoms with Gasteiger partial charge in [-0.15, -0.1) is 0 Å². The molecule has 1 N–H and O–H groups in total. The van der Waals surface area contributed by atoms with Gasteiger partial charge in [-0.25, -0.2) is 0 Å². The number of aromatic nitrogens is 1. The second-order valence-corrected chi connectivity index (χ2v) is 6.40. The zero-order valence-corrected chi connectivity index (χ0v) is 12.2. The molecule has 0 fully saturated rings. The largest absolute Gasteiger partial charge is 0.384 e. The molecule has 3 rings (SSSR count). The Balaban J connectivity index is 2.08. The van der Waals surface area contributed by atoms with Gasteiger partial charge in [-0.1, -0.05) is 25.9 Å². The predicted octanol–water partition coefficient (Wildman–Crippen LogP) is 4.16. The van der Waals surface area contributed by atoms with Gasteiger partial charge >= 0.3 is 0 Å². The van der Waals surface area contributed by atoms with Crippen molar-refractivity contribution >= 4 is 16.7 Å².